The number of anilines is 1. The molecule has 0 N–H and O–H groups in total. The quantitative estimate of drug-likeness (QED) is 0.182. The molecule has 1 unspecified atom stereocenters. The van der Waals surface area contributed by atoms with Crippen LogP contribution in [0.5, 0.6) is 5.75 Å². The SMILES string of the molecule is CC1(C)c2cc(C3(c4ccc(N5CCCCC5)cc4)C=Cc4c5c(c6ccccc6c4O3)-c3ccccc3C5(C)C)ccc2-c2cc3ccccc3cc21. The summed E-state index contributed by atoms with van der Waals surface area (Å²) in [4.78, 5) is 2.54. The fourth-order valence-electron chi connectivity index (χ4n) is 10.6. The van der Waals surface area contributed by atoms with E-state index in [0.717, 1.165) is 35.4 Å². The molecule has 4 aliphatic rings. The van der Waals surface area contributed by atoms with E-state index in [-0.39, 0.29) is 10.8 Å². The van der Waals surface area contributed by atoms with Crippen molar-refractivity contribution in [3.63, 3.8) is 0 Å². The Hall–Kier alpha value is -5.60. The molecule has 1 fully saturated rings. The van der Waals surface area contributed by atoms with Gasteiger partial charge in [-0.25, -0.2) is 0 Å². The summed E-state index contributed by atoms with van der Waals surface area (Å²) in [5, 5.41) is 5.00. The average molecular weight is 700 g/mol. The zero-order valence-corrected chi connectivity index (χ0v) is 31.7. The first kappa shape index (κ1) is 31.9. The van der Waals surface area contributed by atoms with Crippen LogP contribution in [0, 0.1) is 0 Å². The van der Waals surface area contributed by atoms with Gasteiger partial charge in [-0.15, -0.1) is 0 Å². The van der Waals surface area contributed by atoms with Crippen molar-refractivity contribution in [1.29, 1.82) is 0 Å². The third-order valence-electron chi connectivity index (χ3n) is 13.4. The van der Waals surface area contributed by atoms with E-state index in [4.69, 9.17) is 4.74 Å². The van der Waals surface area contributed by atoms with Crippen molar-refractivity contribution in [2.24, 2.45) is 0 Å². The number of ether oxygens (including phenoxy) is 1. The Labute approximate surface area is 318 Å². The van der Waals surface area contributed by atoms with Crippen LogP contribution in [-0.4, -0.2) is 13.1 Å². The number of hydrogen-bond donors (Lipinski definition) is 0. The average Bonchev–Trinajstić information content (AvgIpc) is 3.59. The van der Waals surface area contributed by atoms with Crippen molar-refractivity contribution >= 4 is 33.3 Å². The van der Waals surface area contributed by atoms with Gasteiger partial charge in [0.1, 0.15) is 5.75 Å². The largest absolute Gasteiger partial charge is 0.472 e. The maximum absolute atomic E-state index is 7.78. The van der Waals surface area contributed by atoms with E-state index in [0.29, 0.717) is 0 Å². The third-order valence-corrected chi connectivity index (χ3v) is 13.4. The van der Waals surface area contributed by atoms with Gasteiger partial charge < -0.3 is 9.64 Å². The van der Waals surface area contributed by atoms with Gasteiger partial charge in [0.2, 0.25) is 0 Å². The van der Waals surface area contributed by atoms with Gasteiger partial charge in [0.25, 0.3) is 0 Å². The molecule has 0 radical (unpaired) electrons. The molecule has 2 heterocycles. The van der Waals surface area contributed by atoms with Crippen LogP contribution in [0.15, 0.2) is 133 Å². The molecule has 0 amide bonds. The minimum atomic E-state index is -0.829. The Balaban J connectivity index is 1.13. The fourth-order valence-corrected chi connectivity index (χ4v) is 10.6. The monoisotopic (exact) mass is 699 g/mol. The predicted molar refractivity (Wildman–Crippen MR) is 226 cm³/mol. The van der Waals surface area contributed by atoms with E-state index >= 15 is 0 Å². The molecule has 2 aliphatic heterocycles. The van der Waals surface area contributed by atoms with E-state index in [9.17, 15) is 0 Å². The third kappa shape index (κ3) is 4.28. The van der Waals surface area contributed by atoms with Gasteiger partial charge in [-0.1, -0.05) is 131 Å². The molecule has 1 atom stereocenters. The lowest BCUT2D eigenvalue weighted by Crippen LogP contribution is -2.35. The van der Waals surface area contributed by atoms with Gasteiger partial charge in [-0.3, -0.25) is 0 Å². The highest BCUT2D eigenvalue weighted by atomic mass is 16.5. The molecule has 0 saturated carbocycles. The van der Waals surface area contributed by atoms with Gasteiger partial charge in [-0.2, -0.15) is 0 Å². The summed E-state index contributed by atoms with van der Waals surface area (Å²) in [5.74, 6) is 0.974. The first-order chi connectivity index (χ1) is 26.3. The Morgan fingerprint density at radius 3 is 2.00 bits per heavy atom. The number of benzene rings is 7. The molecule has 11 rings (SSSR count). The van der Waals surface area contributed by atoms with E-state index in [1.54, 1.807) is 0 Å². The van der Waals surface area contributed by atoms with Crippen LogP contribution in [0.3, 0.4) is 0 Å². The highest BCUT2D eigenvalue weighted by molar-refractivity contribution is 6.08. The number of hydrogen-bond acceptors (Lipinski definition) is 2. The standard InChI is InChI=1S/C52H45NO/c1-50(2)45-31-34-15-7-6-14-33(34)30-43(45)38-25-22-36(32-46(38)50)52(35-20-23-37(24-21-35)53-28-12-5-13-29-53)27-26-42-48-47(39-16-8-9-17-40(39)49(42)54-52)41-18-10-11-19-44(41)51(48,3)4/h6-11,14-27,30-32H,5,12-13,28-29H2,1-4H3. The van der Waals surface area contributed by atoms with Crippen LogP contribution in [0.25, 0.3) is 49.9 Å². The van der Waals surface area contributed by atoms with Crippen LogP contribution in [0.2, 0.25) is 0 Å². The van der Waals surface area contributed by atoms with Gasteiger partial charge >= 0.3 is 0 Å². The Kier molecular flexibility index (Phi) is 6.62. The normalized spacial score (nSPS) is 19.9. The zero-order valence-electron chi connectivity index (χ0n) is 31.7. The molecule has 7 aromatic carbocycles. The highest BCUT2D eigenvalue weighted by Gasteiger charge is 2.45. The Morgan fingerprint density at radius 1 is 0.537 bits per heavy atom. The molecule has 1 saturated heterocycles. The molecule has 7 aromatic rings. The summed E-state index contributed by atoms with van der Waals surface area (Å²) >= 11 is 0. The summed E-state index contributed by atoms with van der Waals surface area (Å²) in [6.45, 7) is 11.8. The number of nitrogens with zero attached hydrogens (tertiary/aromatic N) is 1. The lowest BCUT2D eigenvalue weighted by Gasteiger charge is -2.39. The van der Waals surface area contributed by atoms with E-state index in [1.165, 1.54) is 91.2 Å². The topological polar surface area (TPSA) is 12.5 Å². The molecule has 264 valence electrons. The van der Waals surface area contributed by atoms with Gasteiger partial charge in [0.05, 0.1) is 0 Å². The summed E-state index contributed by atoms with van der Waals surface area (Å²) in [7, 11) is 0. The first-order valence-electron chi connectivity index (χ1n) is 19.9. The summed E-state index contributed by atoms with van der Waals surface area (Å²) in [6, 6.07) is 47.9. The van der Waals surface area contributed by atoms with E-state index < -0.39 is 5.60 Å². The maximum atomic E-state index is 7.78. The van der Waals surface area contributed by atoms with Gasteiger partial charge in [0, 0.05) is 51.7 Å². The van der Waals surface area contributed by atoms with Crippen LogP contribution in [0.4, 0.5) is 5.69 Å². The Morgan fingerprint density at radius 2 is 1.20 bits per heavy atom. The van der Waals surface area contributed by atoms with Crippen LogP contribution in [-0.2, 0) is 16.4 Å². The Bertz CT molecular complexity index is 2720. The molecular weight excluding hydrogens is 655 g/mol. The summed E-state index contributed by atoms with van der Waals surface area (Å²) in [6.07, 6.45) is 8.61. The molecule has 0 bridgehead atoms. The number of piperidine rings is 1. The van der Waals surface area contributed by atoms with Crippen LogP contribution >= 0.6 is 0 Å². The maximum Gasteiger partial charge on any atom is 0.178 e. The minimum absolute atomic E-state index is 0.163. The van der Waals surface area contributed by atoms with Crippen molar-refractivity contribution in [3.8, 4) is 28.0 Å². The molecule has 2 aliphatic carbocycles. The summed E-state index contributed by atoms with van der Waals surface area (Å²) in [5.41, 5.74) is 14.5. The lowest BCUT2D eigenvalue weighted by atomic mass is 9.75. The predicted octanol–water partition coefficient (Wildman–Crippen LogP) is 12.9. The van der Waals surface area contributed by atoms with Crippen LogP contribution < -0.4 is 9.64 Å². The lowest BCUT2D eigenvalue weighted by molar-refractivity contribution is 0.163. The van der Waals surface area contributed by atoms with Gasteiger partial charge in [0.15, 0.2) is 5.60 Å². The van der Waals surface area contributed by atoms with Crippen molar-refractivity contribution < 1.29 is 4.74 Å². The van der Waals surface area contributed by atoms with E-state index in [2.05, 4.69) is 172 Å². The molecule has 0 spiro atoms. The smallest absolute Gasteiger partial charge is 0.178 e. The van der Waals surface area contributed by atoms with Gasteiger partial charge in [-0.05, 0) is 116 Å². The second kappa shape index (κ2) is 11.2. The van der Waals surface area contributed by atoms with Crippen molar-refractivity contribution in [1.82, 2.24) is 0 Å². The zero-order chi connectivity index (χ0) is 36.4. The molecule has 2 nitrogen and oxygen atoms in total. The molecular formula is C52H45NO. The second-order valence-electron chi connectivity index (χ2n) is 17.1. The second-order valence-corrected chi connectivity index (χ2v) is 17.1. The van der Waals surface area contributed by atoms with Crippen molar-refractivity contribution in [2.75, 3.05) is 18.0 Å². The number of rotatable bonds is 3. The molecule has 0 aromatic heterocycles. The highest BCUT2D eigenvalue weighted by Crippen LogP contribution is 2.59. The molecule has 54 heavy (non-hydrogen) atoms. The van der Waals surface area contributed by atoms with Crippen molar-refractivity contribution in [2.45, 2.75) is 63.4 Å². The summed E-state index contributed by atoms with van der Waals surface area (Å²) < 4.78 is 7.78. The minimum Gasteiger partial charge on any atom is -0.472 e. The van der Waals surface area contributed by atoms with Crippen molar-refractivity contribution in [3.05, 3.63) is 172 Å². The fraction of sp³-hybridized carbons (Fsp3) is 0.231. The van der Waals surface area contributed by atoms with E-state index in [1.807, 2.05) is 0 Å². The van der Waals surface area contributed by atoms with Crippen LogP contribution in [0.1, 0.15) is 85.9 Å². The number of fused-ring (bicyclic) bond motifs is 12. The molecule has 2 heteroatoms. The first-order valence-corrected chi connectivity index (χ1v) is 19.9.